The highest BCUT2D eigenvalue weighted by atomic mass is 19.3. The number of likely N-dealkylation sites (tertiary alicyclic amines) is 1. The maximum atomic E-state index is 14.9. The van der Waals surface area contributed by atoms with Gasteiger partial charge in [0.05, 0.1) is 26.7 Å². The van der Waals surface area contributed by atoms with Crippen LogP contribution in [-0.4, -0.2) is 117 Å². The number of nitrogens with one attached hydrogen (secondary N) is 1. The highest BCUT2D eigenvalue weighted by Gasteiger charge is 2.98. The number of carbonyl (C=O) groups excluding carboxylic acids is 3. The van der Waals surface area contributed by atoms with Gasteiger partial charge in [0, 0.05) is 91.4 Å². The van der Waals surface area contributed by atoms with E-state index in [1.54, 1.807) is 7.11 Å². The second kappa shape index (κ2) is 13.5. The molecule has 5 aliphatic heterocycles. The van der Waals surface area contributed by atoms with Crippen molar-refractivity contribution in [1.82, 2.24) is 14.8 Å². The molecule has 322 valence electrons. The molecule has 1 aromatic heterocycles. The van der Waals surface area contributed by atoms with E-state index in [0.29, 0.717) is 62.4 Å². The van der Waals surface area contributed by atoms with E-state index >= 15 is 0 Å². The number of aromatic nitrogens is 1. The van der Waals surface area contributed by atoms with E-state index in [0.717, 1.165) is 34.6 Å². The maximum absolute atomic E-state index is 14.9. The van der Waals surface area contributed by atoms with Gasteiger partial charge in [0.15, 0.2) is 11.8 Å². The minimum Gasteiger partial charge on any atom is -0.496 e. The first-order chi connectivity index (χ1) is 28.5. The summed E-state index contributed by atoms with van der Waals surface area (Å²) in [5.41, 5.74) is -1.92. The van der Waals surface area contributed by atoms with E-state index in [1.807, 2.05) is 62.2 Å². The number of rotatable bonds is 10. The number of benzene rings is 2. The number of likely N-dealkylation sites (N-methyl/N-ethyl adjacent to an activating group) is 1. The average Bonchev–Trinajstić information content (AvgIpc) is 3.49. The number of hydrogen-bond donors (Lipinski definition) is 1. The Balaban J connectivity index is 1.28. The van der Waals surface area contributed by atoms with Crippen molar-refractivity contribution in [3.8, 4) is 5.75 Å². The van der Waals surface area contributed by atoms with E-state index in [2.05, 4.69) is 33.9 Å². The number of carbonyl (C=O) groups is 3. The fourth-order valence-electron chi connectivity index (χ4n) is 13.0. The van der Waals surface area contributed by atoms with Gasteiger partial charge in [0.1, 0.15) is 11.2 Å². The second-order valence-electron chi connectivity index (χ2n) is 18.4. The number of para-hydroxylation sites is 1. The fourth-order valence-corrected chi connectivity index (χ4v) is 13.0. The summed E-state index contributed by atoms with van der Waals surface area (Å²) >= 11 is 0. The van der Waals surface area contributed by atoms with Gasteiger partial charge >= 0.3 is 17.9 Å². The number of fused-ring (bicyclic) bond motifs is 2. The van der Waals surface area contributed by atoms with Gasteiger partial charge in [-0.15, -0.1) is 0 Å². The van der Waals surface area contributed by atoms with Crippen LogP contribution in [0.15, 0.2) is 48.6 Å². The van der Waals surface area contributed by atoms with Gasteiger partial charge in [0.25, 0.3) is 5.60 Å². The third kappa shape index (κ3) is 4.95. The third-order valence-electron chi connectivity index (χ3n) is 15.4. The lowest BCUT2D eigenvalue weighted by Crippen LogP contribution is -2.75. The van der Waals surface area contributed by atoms with Gasteiger partial charge in [-0.05, 0) is 68.8 Å². The van der Waals surface area contributed by atoms with Gasteiger partial charge in [-0.25, -0.2) is 13.6 Å². The standard InChI is InChI=1S/C46H56F2N4O8/c1-10-43-16-13-18-52-19-17-44(37(43)52)31-21-32(35(56-7)22-34(31)50(6)46(44)45(60-46,40(55)58-9)38(43)59-27(3)53)41(4,39(54)57-8)36-30(29-14-11-12-15-33(29)49-36)25-51-23-26(2)20-28(24-51)42(5,47)48/h11-16,21-22,26,28,37-38,49H,10,17-20,23-25H2,1-9H3/t26?,28-,37+,38-,41+,43-,44-,45+,46+/m1/s1. The normalized spacial score (nSPS) is 34.0. The minimum absolute atomic E-state index is 0.0455. The lowest BCUT2D eigenvalue weighted by Gasteiger charge is -2.58. The Hall–Kier alpha value is -4.53. The van der Waals surface area contributed by atoms with Crippen LogP contribution in [0.5, 0.6) is 5.75 Å². The molecular formula is C46H56F2N4O8. The van der Waals surface area contributed by atoms with Crippen molar-refractivity contribution in [2.75, 3.05) is 59.5 Å². The number of H-pyrrole nitrogens is 1. The van der Waals surface area contributed by atoms with Gasteiger partial charge in [-0.3, -0.25) is 19.4 Å². The summed E-state index contributed by atoms with van der Waals surface area (Å²) < 4.78 is 60.6. The lowest BCUT2D eigenvalue weighted by molar-refractivity contribution is -0.178. The molecule has 1 saturated carbocycles. The Labute approximate surface area is 349 Å². The number of methoxy groups -OCH3 is 3. The predicted octanol–water partition coefficient (Wildman–Crippen LogP) is 6.08. The topological polar surface area (TPSA) is 126 Å². The molecule has 12 nitrogen and oxygen atoms in total. The van der Waals surface area contributed by atoms with Crippen LogP contribution < -0.4 is 9.64 Å². The second-order valence-corrected chi connectivity index (χ2v) is 18.4. The third-order valence-corrected chi connectivity index (χ3v) is 15.4. The number of anilines is 1. The van der Waals surface area contributed by atoms with E-state index in [9.17, 15) is 23.2 Å². The smallest absolute Gasteiger partial charge is 0.347 e. The number of epoxide rings is 1. The van der Waals surface area contributed by atoms with E-state index in [1.165, 1.54) is 21.1 Å². The largest absolute Gasteiger partial charge is 0.496 e. The molecule has 2 aromatic carbocycles. The Morgan fingerprint density at radius 2 is 1.82 bits per heavy atom. The molecule has 4 fully saturated rings. The Kier molecular flexibility index (Phi) is 9.18. The molecule has 1 unspecified atom stereocenters. The summed E-state index contributed by atoms with van der Waals surface area (Å²) in [4.78, 5) is 52.4. The molecule has 6 heterocycles. The summed E-state index contributed by atoms with van der Waals surface area (Å²) in [6, 6.07) is 11.5. The summed E-state index contributed by atoms with van der Waals surface area (Å²) in [6.07, 6.45) is 4.76. The zero-order chi connectivity index (χ0) is 42.9. The van der Waals surface area contributed by atoms with Crippen molar-refractivity contribution in [3.05, 3.63) is 70.9 Å². The molecule has 6 aliphatic rings. The molecule has 9 atom stereocenters. The van der Waals surface area contributed by atoms with Crippen LogP contribution in [0.4, 0.5) is 14.5 Å². The summed E-state index contributed by atoms with van der Waals surface area (Å²) in [6.45, 7) is 10.7. The van der Waals surface area contributed by atoms with Crippen LogP contribution in [0.25, 0.3) is 10.9 Å². The van der Waals surface area contributed by atoms with E-state index < -0.39 is 63.4 Å². The number of esters is 3. The molecule has 60 heavy (non-hydrogen) atoms. The van der Waals surface area contributed by atoms with Crippen LogP contribution in [0, 0.1) is 17.3 Å². The Bertz CT molecular complexity index is 2330. The minimum atomic E-state index is -2.84. The van der Waals surface area contributed by atoms with Crippen LogP contribution in [0.3, 0.4) is 0 Å². The zero-order valence-corrected chi connectivity index (χ0v) is 35.9. The lowest BCUT2D eigenvalue weighted by atomic mass is 9.49. The highest BCUT2D eigenvalue weighted by molar-refractivity contribution is 5.96. The quantitative estimate of drug-likeness (QED) is 0.111. The monoisotopic (exact) mass is 830 g/mol. The summed E-state index contributed by atoms with van der Waals surface area (Å²) in [5.74, 6) is -4.89. The molecule has 0 radical (unpaired) electrons. The number of nitrogens with zero attached hydrogens (tertiary/aromatic N) is 3. The van der Waals surface area contributed by atoms with Crippen LogP contribution in [-0.2, 0) is 50.7 Å². The number of hydrogen-bond acceptors (Lipinski definition) is 11. The Morgan fingerprint density at radius 3 is 2.48 bits per heavy atom. The van der Waals surface area contributed by atoms with Crippen molar-refractivity contribution in [1.29, 1.82) is 0 Å². The first kappa shape index (κ1) is 40.9. The van der Waals surface area contributed by atoms with Gasteiger partial charge < -0.3 is 33.6 Å². The number of piperidine rings is 1. The van der Waals surface area contributed by atoms with E-state index in [-0.39, 0.29) is 18.5 Å². The van der Waals surface area contributed by atoms with Gasteiger partial charge in [0.2, 0.25) is 5.92 Å². The van der Waals surface area contributed by atoms with Crippen molar-refractivity contribution in [3.63, 3.8) is 0 Å². The molecular weight excluding hydrogens is 775 g/mol. The predicted molar refractivity (Wildman–Crippen MR) is 219 cm³/mol. The number of aromatic amines is 1. The van der Waals surface area contributed by atoms with Crippen LogP contribution >= 0.6 is 0 Å². The molecule has 0 amide bonds. The highest BCUT2D eigenvalue weighted by Crippen LogP contribution is 2.80. The number of alkyl halides is 2. The van der Waals surface area contributed by atoms with Crippen molar-refractivity contribution >= 4 is 34.5 Å². The Morgan fingerprint density at radius 1 is 1.07 bits per heavy atom. The first-order valence-corrected chi connectivity index (χ1v) is 21.1. The van der Waals surface area contributed by atoms with Crippen molar-refractivity contribution in [2.45, 2.75) is 101 Å². The van der Waals surface area contributed by atoms with Crippen molar-refractivity contribution in [2.24, 2.45) is 17.3 Å². The molecule has 1 N–H and O–H groups in total. The van der Waals surface area contributed by atoms with Crippen LogP contribution in [0.2, 0.25) is 0 Å². The fraction of sp³-hybridized carbons (Fsp3) is 0.587. The molecule has 2 spiro atoms. The first-order valence-electron chi connectivity index (χ1n) is 21.1. The van der Waals surface area contributed by atoms with Gasteiger partial charge in [-0.2, -0.15) is 0 Å². The van der Waals surface area contributed by atoms with Crippen molar-refractivity contribution < 1.29 is 46.8 Å². The SMILES string of the molecule is CC[C@]12C=CCN3CC[C@@]4(c5cc([C@](C)(C(=O)OC)c6[nH]c7ccccc7c6CN6CC(C)C[C@@H](C(C)(F)F)C6)c(OC)cc5N(C)[C@]45O[C@]5(C(=O)OC)[C@@H]1OC(C)=O)[C@@H]32. The number of halogens is 2. The number of ether oxygens (including phenoxy) is 5. The maximum Gasteiger partial charge on any atom is 0.347 e. The zero-order valence-electron chi connectivity index (χ0n) is 35.9. The molecule has 3 saturated heterocycles. The molecule has 14 heteroatoms. The van der Waals surface area contributed by atoms with Crippen LogP contribution in [0.1, 0.15) is 76.3 Å². The molecule has 9 rings (SSSR count). The van der Waals surface area contributed by atoms with E-state index in [4.69, 9.17) is 23.7 Å². The molecule has 1 aliphatic carbocycles. The average molecular weight is 831 g/mol. The molecule has 3 aromatic rings. The molecule has 0 bridgehead atoms. The summed E-state index contributed by atoms with van der Waals surface area (Å²) in [7, 11) is 6.14. The van der Waals surface area contributed by atoms with Gasteiger partial charge in [-0.1, -0.05) is 44.2 Å². The summed E-state index contributed by atoms with van der Waals surface area (Å²) in [5, 5.41) is 0.879.